The van der Waals surface area contributed by atoms with Gasteiger partial charge in [-0.2, -0.15) is 0 Å². The maximum absolute atomic E-state index is 14.0. The summed E-state index contributed by atoms with van der Waals surface area (Å²) in [6.45, 7) is 7.30. The van der Waals surface area contributed by atoms with Crippen molar-refractivity contribution >= 4 is 15.7 Å². The molecule has 0 saturated heterocycles. The Hall–Kier alpha value is -1.88. The molecule has 0 fully saturated rings. The number of sulfonamides is 1. The van der Waals surface area contributed by atoms with Gasteiger partial charge in [0.2, 0.25) is 0 Å². The van der Waals surface area contributed by atoms with Gasteiger partial charge in [-0.05, 0) is 57.0 Å². The molecule has 0 bridgehead atoms. The first-order valence-electron chi connectivity index (χ1n) is 7.11. The molecule has 22 heavy (non-hydrogen) atoms. The Morgan fingerprint density at radius 3 is 2.27 bits per heavy atom. The Bertz CT molecular complexity index is 785. The van der Waals surface area contributed by atoms with Crippen molar-refractivity contribution in [3.63, 3.8) is 0 Å². The summed E-state index contributed by atoms with van der Waals surface area (Å²) >= 11 is 0. The zero-order chi connectivity index (χ0) is 16.5. The molecule has 0 atom stereocenters. The highest BCUT2D eigenvalue weighted by molar-refractivity contribution is 7.92. The lowest BCUT2D eigenvalue weighted by molar-refractivity contribution is 0.559. The molecule has 118 valence electrons. The highest BCUT2D eigenvalue weighted by Gasteiger charge is 2.30. The Balaban J connectivity index is 2.67. The van der Waals surface area contributed by atoms with E-state index in [1.807, 2.05) is 32.0 Å². The fourth-order valence-electron chi connectivity index (χ4n) is 2.40. The average molecular weight is 321 g/mol. The third-order valence-corrected chi connectivity index (χ3v) is 5.47. The first-order valence-corrected chi connectivity index (χ1v) is 8.55. The van der Waals surface area contributed by atoms with Gasteiger partial charge in [0, 0.05) is 6.04 Å². The van der Waals surface area contributed by atoms with Gasteiger partial charge in [-0.1, -0.05) is 24.3 Å². The highest BCUT2D eigenvalue weighted by Crippen LogP contribution is 2.30. The van der Waals surface area contributed by atoms with E-state index in [1.165, 1.54) is 22.5 Å². The molecule has 0 aliphatic carbocycles. The summed E-state index contributed by atoms with van der Waals surface area (Å²) in [5.74, 6) is -0.738. The minimum atomic E-state index is -3.96. The molecule has 3 nitrogen and oxygen atoms in total. The van der Waals surface area contributed by atoms with E-state index in [1.54, 1.807) is 13.8 Å². The van der Waals surface area contributed by atoms with Crippen molar-refractivity contribution in [3.8, 4) is 0 Å². The largest absolute Gasteiger partial charge is 0.267 e. The Morgan fingerprint density at radius 2 is 1.68 bits per heavy atom. The molecular formula is C17H20FNO2S. The van der Waals surface area contributed by atoms with E-state index in [4.69, 9.17) is 0 Å². The summed E-state index contributed by atoms with van der Waals surface area (Å²) in [5, 5.41) is 0. The molecule has 0 heterocycles. The summed E-state index contributed by atoms with van der Waals surface area (Å²) in [4.78, 5) is -0.301. The van der Waals surface area contributed by atoms with Crippen molar-refractivity contribution in [3.05, 3.63) is 59.4 Å². The fourth-order valence-corrected chi connectivity index (χ4v) is 4.19. The molecule has 5 heteroatoms. The molecule has 0 N–H and O–H groups in total. The van der Waals surface area contributed by atoms with Crippen molar-refractivity contribution in [1.82, 2.24) is 0 Å². The molecular weight excluding hydrogens is 301 g/mol. The zero-order valence-electron chi connectivity index (χ0n) is 13.2. The molecule has 0 radical (unpaired) electrons. The molecule has 0 saturated carbocycles. The maximum atomic E-state index is 14.0. The van der Waals surface area contributed by atoms with Crippen molar-refractivity contribution < 1.29 is 12.8 Å². The maximum Gasteiger partial charge on any atom is 0.267 e. The third kappa shape index (κ3) is 2.99. The van der Waals surface area contributed by atoms with Gasteiger partial charge in [-0.15, -0.1) is 0 Å². The molecule has 0 aromatic heterocycles. The number of anilines is 1. The molecule has 2 rings (SSSR count). The van der Waals surface area contributed by atoms with E-state index in [0.29, 0.717) is 5.69 Å². The van der Waals surface area contributed by atoms with Crippen LogP contribution in [0.25, 0.3) is 0 Å². The van der Waals surface area contributed by atoms with Crippen LogP contribution in [0.4, 0.5) is 10.1 Å². The van der Waals surface area contributed by atoms with Crippen LogP contribution in [0.2, 0.25) is 0 Å². The summed E-state index contributed by atoms with van der Waals surface area (Å²) in [6.07, 6.45) is 0. The normalized spacial score (nSPS) is 11.7. The summed E-state index contributed by atoms with van der Waals surface area (Å²) in [7, 11) is -3.96. The average Bonchev–Trinajstić information content (AvgIpc) is 2.42. The van der Waals surface area contributed by atoms with E-state index in [9.17, 15) is 12.8 Å². The number of benzene rings is 2. The van der Waals surface area contributed by atoms with Crippen LogP contribution in [0, 0.1) is 19.7 Å². The number of rotatable bonds is 4. The van der Waals surface area contributed by atoms with Gasteiger partial charge in [0.1, 0.15) is 10.7 Å². The Morgan fingerprint density at radius 1 is 1.05 bits per heavy atom. The van der Waals surface area contributed by atoms with Crippen molar-refractivity contribution in [1.29, 1.82) is 0 Å². The summed E-state index contributed by atoms with van der Waals surface area (Å²) in [6, 6.07) is 10.7. The fraction of sp³-hybridized carbons (Fsp3) is 0.294. The smallest absolute Gasteiger partial charge is 0.263 e. The standard InChI is InChI=1S/C17H20FNO2S/c1-12(2)19(16-11-13(3)9-10-14(16)4)22(20,21)17-8-6-5-7-15(17)18/h5-12H,1-4H3. The van der Waals surface area contributed by atoms with Crippen LogP contribution < -0.4 is 4.31 Å². The van der Waals surface area contributed by atoms with Gasteiger partial charge < -0.3 is 0 Å². The minimum absolute atomic E-state index is 0.301. The van der Waals surface area contributed by atoms with Gasteiger partial charge in [-0.3, -0.25) is 4.31 Å². The predicted octanol–water partition coefficient (Wildman–Crippen LogP) is 4.05. The molecule has 2 aromatic rings. The molecule has 0 amide bonds. The number of hydrogen-bond acceptors (Lipinski definition) is 2. The molecule has 0 aliphatic rings. The van der Waals surface area contributed by atoms with Crippen LogP contribution in [-0.2, 0) is 10.0 Å². The van der Waals surface area contributed by atoms with Gasteiger partial charge in [-0.25, -0.2) is 12.8 Å². The SMILES string of the molecule is Cc1ccc(C)c(N(C(C)C)S(=O)(=O)c2ccccc2F)c1. The van der Waals surface area contributed by atoms with Crippen LogP contribution in [0.5, 0.6) is 0 Å². The third-order valence-electron chi connectivity index (χ3n) is 3.44. The van der Waals surface area contributed by atoms with Gasteiger partial charge in [0.25, 0.3) is 10.0 Å². The van der Waals surface area contributed by atoms with Gasteiger partial charge >= 0.3 is 0 Å². The first kappa shape index (κ1) is 16.5. The minimum Gasteiger partial charge on any atom is -0.263 e. The Kier molecular flexibility index (Phi) is 4.56. The lowest BCUT2D eigenvalue weighted by Gasteiger charge is -2.30. The number of hydrogen-bond donors (Lipinski definition) is 0. The van der Waals surface area contributed by atoms with Crippen molar-refractivity contribution in [2.45, 2.75) is 38.6 Å². The first-order chi connectivity index (χ1) is 10.2. The molecule has 2 aromatic carbocycles. The van der Waals surface area contributed by atoms with E-state index < -0.39 is 15.8 Å². The number of halogens is 1. The second-order valence-corrected chi connectivity index (χ2v) is 7.40. The van der Waals surface area contributed by atoms with E-state index in [-0.39, 0.29) is 10.9 Å². The van der Waals surface area contributed by atoms with Crippen molar-refractivity contribution in [2.75, 3.05) is 4.31 Å². The monoisotopic (exact) mass is 321 g/mol. The molecule has 0 aliphatic heterocycles. The molecule has 0 spiro atoms. The van der Waals surface area contributed by atoms with Crippen LogP contribution in [0.3, 0.4) is 0 Å². The quantitative estimate of drug-likeness (QED) is 0.852. The number of nitrogens with zero attached hydrogens (tertiary/aromatic N) is 1. The van der Waals surface area contributed by atoms with Gasteiger partial charge in [0.05, 0.1) is 5.69 Å². The number of aryl methyl sites for hydroxylation is 2. The lowest BCUT2D eigenvalue weighted by Crippen LogP contribution is -2.38. The second kappa shape index (κ2) is 6.08. The van der Waals surface area contributed by atoms with Crippen LogP contribution in [0.1, 0.15) is 25.0 Å². The van der Waals surface area contributed by atoms with E-state index in [0.717, 1.165) is 17.2 Å². The summed E-state index contributed by atoms with van der Waals surface area (Å²) in [5.41, 5.74) is 2.37. The topological polar surface area (TPSA) is 37.4 Å². The predicted molar refractivity (Wildman–Crippen MR) is 87.1 cm³/mol. The second-order valence-electron chi connectivity index (χ2n) is 5.61. The van der Waals surface area contributed by atoms with E-state index in [2.05, 4.69) is 0 Å². The lowest BCUT2D eigenvalue weighted by atomic mass is 10.1. The van der Waals surface area contributed by atoms with Crippen molar-refractivity contribution in [2.24, 2.45) is 0 Å². The van der Waals surface area contributed by atoms with Crippen LogP contribution >= 0.6 is 0 Å². The van der Waals surface area contributed by atoms with E-state index >= 15 is 0 Å². The van der Waals surface area contributed by atoms with Crippen LogP contribution in [-0.4, -0.2) is 14.5 Å². The van der Waals surface area contributed by atoms with Gasteiger partial charge in [0.15, 0.2) is 0 Å². The summed E-state index contributed by atoms with van der Waals surface area (Å²) < 4.78 is 41.2. The molecule has 0 unspecified atom stereocenters. The highest BCUT2D eigenvalue weighted by atomic mass is 32.2. The Labute approximate surface area is 131 Å². The zero-order valence-corrected chi connectivity index (χ0v) is 14.0. The van der Waals surface area contributed by atoms with Crippen LogP contribution in [0.15, 0.2) is 47.4 Å².